The van der Waals surface area contributed by atoms with Crippen LogP contribution in [0.3, 0.4) is 0 Å². The van der Waals surface area contributed by atoms with E-state index in [1.165, 1.54) is 16.2 Å². The van der Waals surface area contributed by atoms with E-state index in [4.69, 9.17) is 15.0 Å². The van der Waals surface area contributed by atoms with Crippen LogP contribution < -0.4 is 0 Å². The molecule has 9 rings (SSSR count). The van der Waals surface area contributed by atoms with Gasteiger partial charge in [-0.1, -0.05) is 121 Å². The standard InChI is InChI=1S/C40H25N5/c1-3-11-26(12-4-1)38-42-39(27-13-5-2-6-14-27)44-40(43-38)45-36-17-8-7-15-32(36)34-23-22-31-30-20-19-29(35-16-9-10-24-41-35)25-28(30)18-21-33(31)37(34)45/h1-25H. The highest BCUT2D eigenvalue weighted by Gasteiger charge is 2.20. The lowest BCUT2D eigenvalue weighted by Crippen LogP contribution is -2.06. The SMILES string of the molecule is c1ccc(-c2nc(-c3ccccc3)nc(-n3c4ccccc4c4ccc5c6ccc(-c7ccccn7)cc6ccc5c43)n2)cc1. The highest BCUT2D eigenvalue weighted by molar-refractivity contribution is 6.23. The monoisotopic (exact) mass is 575 g/mol. The van der Waals surface area contributed by atoms with Crippen molar-refractivity contribution in [2.75, 3.05) is 0 Å². The lowest BCUT2D eigenvalue weighted by molar-refractivity contribution is 0.955. The summed E-state index contributed by atoms with van der Waals surface area (Å²) in [5.74, 6) is 1.86. The lowest BCUT2D eigenvalue weighted by atomic mass is 9.97. The van der Waals surface area contributed by atoms with E-state index in [9.17, 15) is 0 Å². The van der Waals surface area contributed by atoms with E-state index in [1.807, 2.05) is 85.1 Å². The van der Waals surface area contributed by atoms with Gasteiger partial charge in [0.25, 0.3) is 0 Å². The molecule has 0 N–H and O–H groups in total. The van der Waals surface area contributed by atoms with Gasteiger partial charge in [0.05, 0.1) is 16.7 Å². The van der Waals surface area contributed by atoms with Gasteiger partial charge in [-0.3, -0.25) is 9.55 Å². The molecule has 0 aliphatic carbocycles. The van der Waals surface area contributed by atoms with Crippen LogP contribution >= 0.6 is 0 Å². The first-order chi connectivity index (χ1) is 22.3. The second-order valence-electron chi connectivity index (χ2n) is 11.1. The minimum Gasteiger partial charge on any atom is -0.277 e. The van der Waals surface area contributed by atoms with E-state index in [0.29, 0.717) is 17.6 Å². The fraction of sp³-hybridized carbons (Fsp3) is 0. The van der Waals surface area contributed by atoms with Crippen molar-refractivity contribution in [3.8, 4) is 40.0 Å². The summed E-state index contributed by atoms with van der Waals surface area (Å²) in [6.07, 6.45) is 1.84. The molecule has 5 heteroatoms. The van der Waals surface area contributed by atoms with E-state index in [2.05, 4.69) is 76.3 Å². The number of pyridine rings is 1. The molecule has 0 saturated heterocycles. The van der Waals surface area contributed by atoms with Crippen LogP contribution in [0.5, 0.6) is 0 Å². The summed E-state index contributed by atoms with van der Waals surface area (Å²) in [6, 6.07) is 50.3. The number of para-hydroxylation sites is 1. The predicted octanol–water partition coefficient (Wildman–Crippen LogP) is 9.67. The molecule has 0 aliphatic heterocycles. The summed E-state index contributed by atoms with van der Waals surface area (Å²) in [4.78, 5) is 19.7. The van der Waals surface area contributed by atoms with Crippen molar-refractivity contribution >= 4 is 43.4 Å². The smallest absolute Gasteiger partial charge is 0.238 e. The Labute approximate surface area is 259 Å². The molecule has 3 heterocycles. The highest BCUT2D eigenvalue weighted by atomic mass is 15.2. The van der Waals surface area contributed by atoms with Crippen molar-refractivity contribution in [1.29, 1.82) is 0 Å². The molecule has 0 radical (unpaired) electrons. The third kappa shape index (κ3) is 4.17. The topological polar surface area (TPSA) is 56.5 Å². The van der Waals surface area contributed by atoms with Gasteiger partial charge in [0.2, 0.25) is 5.95 Å². The average Bonchev–Trinajstić information content (AvgIpc) is 3.47. The quantitative estimate of drug-likeness (QED) is 0.196. The molecular weight excluding hydrogens is 550 g/mol. The predicted molar refractivity (Wildman–Crippen MR) is 183 cm³/mol. The fourth-order valence-electron chi connectivity index (χ4n) is 6.40. The molecule has 5 nitrogen and oxygen atoms in total. The maximum Gasteiger partial charge on any atom is 0.238 e. The molecule has 0 aliphatic rings. The van der Waals surface area contributed by atoms with E-state index in [1.54, 1.807) is 0 Å². The second kappa shape index (κ2) is 10.2. The lowest BCUT2D eigenvalue weighted by Gasteiger charge is -2.13. The van der Waals surface area contributed by atoms with Gasteiger partial charge in [-0.2, -0.15) is 9.97 Å². The second-order valence-corrected chi connectivity index (χ2v) is 11.1. The average molecular weight is 576 g/mol. The van der Waals surface area contributed by atoms with Gasteiger partial charge in [-0.05, 0) is 40.4 Å². The van der Waals surface area contributed by atoms with Crippen LogP contribution in [0.1, 0.15) is 0 Å². The minimum atomic E-state index is 0.590. The van der Waals surface area contributed by atoms with Crippen molar-refractivity contribution in [2.45, 2.75) is 0 Å². The number of aromatic nitrogens is 5. The maximum atomic E-state index is 5.12. The summed E-state index contributed by atoms with van der Waals surface area (Å²) >= 11 is 0. The van der Waals surface area contributed by atoms with Crippen LogP contribution in [0.2, 0.25) is 0 Å². The first-order valence-electron chi connectivity index (χ1n) is 15.0. The Morgan fingerprint density at radius 1 is 0.422 bits per heavy atom. The Morgan fingerprint density at radius 3 is 1.78 bits per heavy atom. The third-order valence-electron chi connectivity index (χ3n) is 8.50. The highest BCUT2D eigenvalue weighted by Crippen LogP contribution is 2.39. The van der Waals surface area contributed by atoms with Crippen molar-refractivity contribution in [3.05, 3.63) is 152 Å². The largest absolute Gasteiger partial charge is 0.277 e. The van der Waals surface area contributed by atoms with Crippen LogP contribution in [-0.4, -0.2) is 24.5 Å². The Bertz CT molecular complexity index is 2460. The molecule has 0 bridgehead atoms. The Balaban J connectivity index is 1.35. The zero-order valence-corrected chi connectivity index (χ0v) is 24.2. The molecule has 0 amide bonds. The number of nitrogens with zero attached hydrogens (tertiary/aromatic N) is 5. The molecule has 210 valence electrons. The molecule has 0 saturated carbocycles. The van der Waals surface area contributed by atoms with E-state index in [-0.39, 0.29) is 0 Å². The first kappa shape index (κ1) is 25.3. The van der Waals surface area contributed by atoms with Gasteiger partial charge in [0.1, 0.15) is 0 Å². The van der Waals surface area contributed by atoms with Gasteiger partial charge in [0, 0.05) is 39.0 Å². The molecule has 0 spiro atoms. The Hall–Kier alpha value is -6.20. The summed E-state index contributed by atoms with van der Waals surface area (Å²) < 4.78 is 2.21. The van der Waals surface area contributed by atoms with Crippen molar-refractivity contribution in [3.63, 3.8) is 0 Å². The number of benzene rings is 6. The number of hydrogen-bond acceptors (Lipinski definition) is 4. The summed E-state index contributed by atoms with van der Waals surface area (Å²) in [6.45, 7) is 0. The maximum absolute atomic E-state index is 5.12. The van der Waals surface area contributed by atoms with Gasteiger partial charge in [-0.25, -0.2) is 4.98 Å². The first-order valence-corrected chi connectivity index (χ1v) is 15.0. The Morgan fingerprint density at radius 2 is 1.04 bits per heavy atom. The van der Waals surface area contributed by atoms with Crippen molar-refractivity contribution in [2.24, 2.45) is 0 Å². The molecule has 0 fully saturated rings. The van der Waals surface area contributed by atoms with Gasteiger partial charge in [0.15, 0.2) is 11.6 Å². The van der Waals surface area contributed by atoms with Crippen LogP contribution in [0, 0.1) is 0 Å². The molecule has 0 unspecified atom stereocenters. The third-order valence-corrected chi connectivity index (χ3v) is 8.50. The van der Waals surface area contributed by atoms with Crippen molar-refractivity contribution < 1.29 is 0 Å². The molecule has 9 aromatic rings. The minimum absolute atomic E-state index is 0.590. The van der Waals surface area contributed by atoms with Crippen LogP contribution in [0.4, 0.5) is 0 Å². The number of fused-ring (bicyclic) bond motifs is 7. The summed E-state index contributed by atoms with van der Waals surface area (Å²) in [5, 5.41) is 7.00. The van der Waals surface area contributed by atoms with Crippen LogP contribution in [0.25, 0.3) is 83.3 Å². The normalized spacial score (nSPS) is 11.6. The van der Waals surface area contributed by atoms with Crippen LogP contribution in [0.15, 0.2) is 152 Å². The molecule has 6 aromatic carbocycles. The molecular formula is C40H25N5. The van der Waals surface area contributed by atoms with E-state index < -0.39 is 0 Å². The molecule has 3 aromatic heterocycles. The summed E-state index contributed by atoms with van der Waals surface area (Å²) in [7, 11) is 0. The van der Waals surface area contributed by atoms with Gasteiger partial charge >= 0.3 is 0 Å². The number of hydrogen-bond donors (Lipinski definition) is 0. The molecule has 0 atom stereocenters. The van der Waals surface area contributed by atoms with E-state index in [0.717, 1.165) is 49.6 Å². The molecule has 45 heavy (non-hydrogen) atoms. The fourth-order valence-corrected chi connectivity index (χ4v) is 6.40. The van der Waals surface area contributed by atoms with E-state index >= 15 is 0 Å². The summed E-state index contributed by atoms with van der Waals surface area (Å²) in [5.41, 5.74) is 6.08. The van der Waals surface area contributed by atoms with Gasteiger partial charge < -0.3 is 0 Å². The Kier molecular flexibility index (Phi) is 5.74. The van der Waals surface area contributed by atoms with Crippen LogP contribution in [-0.2, 0) is 0 Å². The van der Waals surface area contributed by atoms with Crippen molar-refractivity contribution in [1.82, 2.24) is 24.5 Å². The zero-order valence-electron chi connectivity index (χ0n) is 24.2. The number of rotatable bonds is 4. The van der Waals surface area contributed by atoms with Gasteiger partial charge in [-0.15, -0.1) is 0 Å². The zero-order chi connectivity index (χ0) is 29.7.